The first kappa shape index (κ1) is 25.3. The molecule has 36 heavy (non-hydrogen) atoms. The van der Waals surface area contributed by atoms with E-state index in [0.29, 0.717) is 16.8 Å². The third kappa shape index (κ3) is 4.56. The first-order valence-electron chi connectivity index (χ1n) is 11.7. The van der Waals surface area contributed by atoms with E-state index in [4.69, 9.17) is 4.74 Å². The third-order valence-electron chi connectivity index (χ3n) is 6.04. The van der Waals surface area contributed by atoms with Crippen LogP contribution >= 0.6 is 11.3 Å². The standard InChI is InChI=1S/C28H28N2O5S/c1-6-35-26(34)24-16(2)29-27(36-24)30-21(17-12-14-19(15-13-17)28(3,4)5)20(23(32)25(30)33)22(31)18-10-8-7-9-11-18/h7-15,21,31H,6H2,1-5H3. The Kier molecular flexibility index (Phi) is 6.82. The average molecular weight is 505 g/mol. The molecule has 1 atom stereocenters. The number of aliphatic hydroxyl groups excluding tert-OH is 1. The topological polar surface area (TPSA) is 96.8 Å². The lowest BCUT2D eigenvalue weighted by molar-refractivity contribution is -0.132. The lowest BCUT2D eigenvalue weighted by atomic mass is 9.85. The molecule has 1 saturated heterocycles. The van der Waals surface area contributed by atoms with Gasteiger partial charge in [-0.2, -0.15) is 0 Å². The van der Waals surface area contributed by atoms with Crippen molar-refractivity contribution in [3.63, 3.8) is 0 Å². The van der Waals surface area contributed by atoms with Crippen molar-refractivity contribution in [1.29, 1.82) is 0 Å². The van der Waals surface area contributed by atoms with Gasteiger partial charge in [-0.1, -0.05) is 86.7 Å². The van der Waals surface area contributed by atoms with E-state index in [9.17, 15) is 19.5 Å². The van der Waals surface area contributed by atoms with E-state index in [1.807, 2.05) is 24.3 Å². The van der Waals surface area contributed by atoms with Gasteiger partial charge < -0.3 is 9.84 Å². The van der Waals surface area contributed by atoms with Crippen LogP contribution in [-0.4, -0.2) is 34.4 Å². The number of benzene rings is 2. The van der Waals surface area contributed by atoms with Gasteiger partial charge in [-0.15, -0.1) is 0 Å². The molecule has 1 unspecified atom stereocenters. The molecule has 0 saturated carbocycles. The summed E-state index contributed by atoms with van der Waals surface area (Å²) in [7, 11) is 0. The Balaban J connectivity index is 1.90. The maximum absolute atomic E-state index is 13.4. The number of anilines is 1. The Morgan fingerprint density at radius 3 is 2.31 bits per heavy atom. The zero-order chi connectivity index (χ0) is 26.2. The molecule has 1 aliphatic heterocycles. The predicted octanol–water partition coefficient (Wildman–Crippen LogP) is 5.55. The number of aliphatic hydroxyl groups is 1. The van der Waals surface area contributed by atoms with Crippen LogP contribution in [0.1, 0.15) is 65.8 Å². The number of Topliss-reactive ketones (excluding diaryl/α,β-unsaturated/α-hetero) is 1. The molecule has 2 heterocycles. The van der Waals surface area contributed by atoms with E-state index >= 15 is 0 Å². The Bertz CT molecular complexity index is 1350. The highest BCUT2D eigenvalue weighted by Crippen LogP contribution is 2.44. The zero-order valence-corrected chi connectivity index (χ0v) is 21.7. The maximum Gasteiger partial charge on any atom is 0.350 e. The van der Waals surface area contributed by atoms with E-state index in [0.717, 1.165) is 16.9 Å². The third-order valence-corrected chi connectivity index (χ3v) is 7.17. The number of rotatable bonds is 5. The summed E-state index contributed by atoms with van der Waals surface area (Å²) < 4.78 is 5.12. The quantitative estimate of drug-likeness (QED) is 0.212. The zero-order valence-electron chi connectivity index (χ0n) is 20.9. The van der Waals surface area contributed by atoms with Crippen LogP contribution < -0.4 is 4.90 Å². The van der Waals surface area contributed by atoms with Gasteiger partial charge in [0.05, 0.1) is 23.9 Å². The van der Waals surface area contributed by atoms with Crippen molar-refractivity contribution in [2.45, 2.75) is 46.1 Å². The van der Waals surface area contributed by atoms with Crippen LogP contribution in [0.2, 0.25) is 0 Å². The molecule has 3 aromatic rings. The molecule has 1 amide bonds. The van der Waals surface area contributed by atoms with Crippen LogP contribution in [0.5, 0.6) is 0 Å². The van der Waals surface area contributed by atoms with Crippen LogP contribution in [0.4, 0.5) is 5.13 Å². The van der Waals surface area contributed by atoms with E-state index in [1.165, 1.54) is 4.90 Å². The van der Waals surface area contributed by atoms with Crippen molar-refractivity contribution in [3.8, 4) is 0 Å². The molecule has 0 radical (unpaired) electrons. The number of esters is 1. The number of carbonyl (C=O) groups is 3. The summed E-state index contributed by atoms with van der Waals surface area (Å²) in [6, 6.07) is 15.3. The molecular weight excluding hydrogens is 476 g/mol. The first-order valence-corrected chi connectivity index (χ1v) is 12.5. The number of ether oxygens (including phenoxy) is 1. The second-order valence-electron chi connectivity index (χ2n) is 9.54. The SMILES string of the molecule is CCOC(=O)c1sc(N2C(=O)C(=O)C(=C(O)c3ccccc3)C2c2ccc(C(C)(C)C)cc2)nc1C. The molecule has 4 rings (SSSR count). The lowest BCUT2D eigenvalue weighted by Gasteiger charge is -2.24. The smallest absolute Gasteiger partial charge is 0.350 e. The van der Waals surface area contributed by atoms with Crippen LogP contribution in [0.25, 0.3) is 5.76 Å². The summed E-state index contributed by atoms with van der Waals surface area (Å²) >= 11 is 0.989. The largest absolute Gasteiger partial charge is 0.507 e. The minimum absolute atomic E-state index is 0.0275. The van der Waals surface area contributed by atoms with Crippen LogP contribution in [-0.2, 0) is 19.7 Å². The molecule has 186 valence electrons. The van der Waals surface area contributed by atoms with Gasteiger partial charge in [-0.05, 0) is 30.4 Å². The molecule has 2 aromatic carbocycles. The fraction of sp³-hybridized carbons (Fsp3) is 0.286. The highest BCUT2D eigenvalue weighted by atomic mass is 32.1. The van der Waals surface area contributed by atoms with Gasteiger partial charge in [-0.3, -0.25) is 14.5 Å². The summed E-state index contributed by atoms with van der Waals surface area (Å²) in [5, 5.41) is 11.4. The molecule has 1 fully saturated rings. The van der Waals surface area contributed by atoms with Gasteiger partial charge >= 0.3 is 11.9 Å². The Morgan fingerprint density at radius 2 is 1.72 bits per heavy atom. The van der Waals surface area contributed by atoms with Crippen molar-refractivity contribution >= 4 is 39.9 Å². The Morgan fingerprint density at radius 1 is 1.08 bits per heavy atom. The highest BCUT2D eigenvalue weighted by Gasteiger charge is 2.48. The second kappa shape index (κ2) is 9.70. The average Bonchev–Trinajstić information content (AvgIpc) is 3.36. The summed E-state index contributed by atoms with van der Waals surface area (Å²) in [6.45, 7) is 9.85. The fourth-order valence-electron chi connectivity index (χ4n) is 4.13. The molecule has 0 aliphatic carbocycles. The predicted molar refractivity (Wildman–Crippen MR) is 139 cm³/mol. The number of carbonyl (C=O) groups excluding carboxylic acids is 3. The molecule has 7 nitrogen and oxygen atoms in total. The number of ketones is 1. The van der Waals surface area contributed by atoms with Crippen molar-refractivity contribution in [1.82, 2.24) is 4.98 Å². The second-order valence-corrected chi connectivity index (χ2v) is 10.5. The molecule has 1 aromatic heterocycles. The van der Waals surface area contributed by atoms with Crippen molar-refractivity contribution in [2.75, 3.05) is 11.5 Å². The summed E-state index contributed by atoms with van der Waals surface area (Å²) in [6.07, 6.45) is 0. The fourth-order valence-corrected chi connectivity index (χ4v) is 5.12. The molecular formula is C28H28N2O5S. The summed E-state index contributed by atoms with van der Waals surface area (Å²) in [4.78, 5) is 45.1. The van der Waals surface area contributed by atoms with Gasteiger partial charge in [0.25, 0.3) is 5.78 Å². The molecule has 1 N–H and O–H groups in total. The summed E-state index contributed by atoms with van der Waals surface area (Å²) in [5.74, 6) is -2.43. The van der Waals surface area contributed by atoms with Gasteiger partial charge in [0.15, 0.2) is 5.13 Å². The number of aryl methyl sites for hydroxylation is 1. The Labute approximate surface area is 214 Å². The molecule has 0 bridgehead atoms. The van der Waals surface area contributed by atoms with Crippen molar-refractivity contribution in [2.24, 2.45) is 0 Å². The minimum atomic E-state index is -0.917. The Hall–Kier alpha value is -3.78. The number of nitrogens with zero attached hydrogens (tertiary/aromatic N) is 2. The molecule has 8 heteroatoms. The van der Waals surface area contributed by atoms with E-state index < -0.39 is 23.7 Å². The number of thiazole rings is 1. The number of amides is 1. The van der Waals surface area contributed by atoms with Gasteiger partial charge in [-0.25, -0.2) is 9.78 Å². The normalized spacial score (nSPS) is 17.5. The summed E-state index contributed by atoms with van der Waals surface area (Å²) in [5.41, 5.74) is 2.44. The van der Waals surface area contributed by atoms with Crippen LogP contribution in [0.15, 0.2) is 60.2 Å². The lowest BCUT2D eigenvalue weighted by Crippen LogP contribution is -2.29. The first-order chi connectivity index (χ1) is 17.0. The van der Waals surface area contributed by atoms with Gasteiger partial charge in [0.2, 0.25) is 0 Å². The van der Waals surface area contributed by atoms with Crippen molar-refractivity contribution in [3.05, 3.63) is 87.4 Å². The number of hydrogen-bond donors (Lipinski definition) is 1. The number of aromatic nitrogens is 1. The monoisotopic (exact) mass is 504 g/mol. The van der Waals surface area contributed by atoms with Crippen molar-refractivity contribution < 1.29 is 24.2 Å². The van der Waals surface area contributed by atoms with Crippen LogP contribution in [0, 0.1) is 6.92 Å². The van der Waals surface area contributed by atoms with Gasteiger partial charge in [0.1, 0.15) is 10.6 Å². The number of hydrogen-bond acceptors (Lipinski definition) is 7. The molecule has 1 aliphatic rings. The van der Waals surface area contributed by atoms with E-state index in [1.54, 1.807) is 44.2 Å². The highest BCUT2D eigenvalue weighted by molar-refractivity contribution is 7.17. The van der Waals surface area contributed by atoms with Gasteiger partial charge in [0, 0.05) is 5.56 Å². The molecule has 0 spiro atoms. The minimum Gasteiger partial charge on any atom is -0.507 e. The maximum atomic E-state index is 13.4. The van der Waals surface area contributed by atoms with E-state index in [-0.39, 0.29) is 33.4 Å². The van der Waals surface area contributed by atoms with E-state index in [2.05, 4.69) is 25.8 Å². The van der Waals surface area contributed by atoms with Crippen LogP contribution in [0.3, 0.4) is 0 Å².